The number of ketones is 1. The molecule has 0 unspecified atom stereocenters. The molecular formula is C17H17ClO2S. The van der Waals surface area contributed by atoms with Crippen LogP contribution in [-0.4, -0.2) is 18.1 Å². The normalized spacial score (nSPS) is 10.4. The van der Waals surface area contributed by atoms with Crippen LogP contribution >= 0.6 is 23.4 Å². The molecule has 0 heterocycles. The summed E-state index contributed by atoms with van der Waals surface area (Å²) in [6.07, 6.45) is 0.921. The van der Waals surface area contributed by atoms with Gasteiger partial charge in [-0.25, -0.2) is 0 Å². The monoisotopic (exact) mass is 320 g/mol. The zero-order chi connectivity index (χ0) is 15.1. The molecule has 2 nitrogen and oxygen atoms in total. The van der Waals surface area contributed by atoms with Crippen LogP contribution in [-0.2, 0) is 0 Å². The van der Waals surface area contributed by atoms with Crippen LogP contribution < -0.4 is 4.74 Å². The van der Waals surface area contributed by atoms with E-state index in [2.05, 4.69) is 0 Å². The highest BCUT2D eigenvalue weighted by atomic mass is 35.5. The Hall–Kier alpha value is -1.45. The van der Waals surface area contributed by atoms with E-state index in [0.717, 1.165) is 11.3 Å². The topological polar surface area (TPSA) is 26.3 Å². The Morgan fingerprint density at radius 2 is 1.95 bits per heavy atom. The second-order valence-electron chi connectivity index (χ2n) is 4.52. The van der Waals surface area contributed by atoms with Gasteiger partial charge in [0.15, 0.2) is 5.78 Å². The molecule has 0 saturated carbocycles. The number of halogens is 1. The second kappa shape index (κ2) is 8.11. The lowest BCUT2D eigenvalue weighted by Gasteiger charge is -2.08. The van der Waals surface area contributed by atoms with E-state index < -0.39 is 0 Å². The van der Waals surface area contributed by atoms with Crippen LogP contribution in [0.3, 0.4) is 0 Å². The first-order chi connectivity index (χ1) is 10.2. The quantitative estimate of drug-likeness (QED) is 0.524. The van der Waals surface area contributed by atoms with E-state index in [1.165, 1.54) is 11.8 Å². The Morgan fingerprint density at radius 1 is 1.19 bits per heavy atom. The average molecular weight is 321 g/mol. The predicted molar refractivity (Wildman–Crippen MR) is 88.7 cm³/mol. The number of hydrogen-bond acceptors (Lipinski definition) is 3. The van der Waals surface area contributed by atoms with Gasteiger partial charge in [0.1, 0.15) is 5.75 Å². The minimum atomic E-state index is 0.0628. The highest BCUT2D eigenvalue weighted by molar-refractivity contribution is 8.00. The lowest BCUT2D eigenvalue weighted by molar-refractivity contribution is 0.102. The number of carbonyl (C=O) groups excluding carboxylic acids is 1. The summed E-state index contributed by atoms with van der Waals surface area (Å²) in [4.78, 5) is 13.3. The fourth-order valence-electron chi connectivity index (χ4n) is 1.75. The van der Waals surface area contributed by atoms with Gasteiger partial charge in [-0.2, -0.15) is 0 Å². The Labute approximate surface area is 134 Å². The number of Topliss-reactive ketones (excluding diaryl/α,β-unsaturated/α-hetero) is 1. The van der Waals surface area contributed by atoms with Gasteiger partial charge in [0.2, 0.25) is 0 Å². The third-order valence-corrected chi connectivity index (χ3v) is 4.14. The van der Waals surface area contributed by atoms with Crippen LogP contribution in [0.5, 0.6) is 5.75 Å². The second-order valence-corrected chi connectivity index (χ2v) is 5.97. The number of thioether (sulfide) groups is 1. The number of rotatable bonds is 7. The molecule has 0 aliphatic rings. The highest BCUT2D eigenvalue weighted by Gasteiger charge is 2.10. The van der Waals surface area contributed by atoms with E-state index >= 15 is 0 Å². The number of hydrogen-bond donors (Lipinski definition) is 0. The van der Waals surface area contributed by atoms with E-state index in [1.54, 1.807) is 18.2 Å². The molecule has 0 saturated heterocycles. The van der Waals surface area contributed by atoms with Crippen molar-refractivity contribution in [1.82, 2.24) is 0 Å². The van der Waals surface area contributed by atoms with Gasteiger partial charge >= 0.3 is 0 Å². The van der Waals surface area contributed by atoms with Crippen molar-refractivity contribution in [3.63, 3.8) is 0 Å². The Balaban J connectivity index is 1.98. The van der Waals surface area contributed by atoms with Gasteiger partial charge in [0.05, 0.1) is 17.4 Å². The van der Waals surface area contributed by atoms with Gasteiger partial charge in [0.25, 0.3) is 0 Å². The van der Waals surface area contributed by atoms with Crippen LogP contribution in [0.4, 0.5) is 0 Å². The molecular weight excluding hydrogens is 304 g/mol. The first-order valence-electron chi connectivity index (χ1n) is 6.84. The third kappa shape index (κ3) is 4.80. The van der Waals surface area contributed by atoms with Gasteiger partial charge in [-0.3, -0.25) is 4.79 Å². The van der Waals surface area contributed by atoms with Crippen LogP contribution in [0, 0.1) is 0 Å². The van der Waals surface area contributed by atoms with Crippen LogP contribution in [0.25, 0.3) is 0 Å². The molecule has 0 radical (unpaired) electrons. The SMILES string of the molecule is CCCOc1ccc(C(=O)CSc2ccccc2)cc1Cl. The molecule has 0 aliphatic carbocycles. The van der Waals surface area contributed by atoms with Crippen molar-refractivity contribution in [3.8, 4) is 5.75 Å². The third-order valence-electron chi connectivity index (χ3n) is 2.83. The summed E-state index contributed by atoms with van der Waals surface area (Å²) in [5, 5.41) is 0.485. The van der Waals surface area contributed by atoms with Gasteiger partial charge in [-0.1, -0.05) is 36.7 Å². The molecule has 21 heavy (non-hydrogen) atoms. The van der Waals surface area contributed by atoms with E-state index in [9.17, 15) is 4.79 Å². The van der Waals surface area contributed by atoms with Crippen molar-refractivity contribution in [3.05, 3.63) is 59.1 Å². The van der Waals surface area contributed by atoms with Crippen molar-refractivity contribution in [2.45, 2.75) is 18.2 Å². The molecule has 0 bridgehead atoms. The van der Waals surface area contributed by atoms with E-state index in [-0.39, 0.29) is 5.78 Å². The largest absolute Gasteiger partial charge is 0.492 e. The average Bonchev–Trinajstić information content (AvgIpc) is 2.52. The molecule has 110 valence electrons. The minimum absolute atomic E-state index is 0.0628. The van der Waals surface area contributed by atoms with Crippen LogP contribution in [0.2, 0.25) is 5.02 Å². The molecule has 0 N–H and O–H groups in total. The summed E-state index contributed by atoms with van der Waals surface area (Å²) in [5.74, 6) is 1.09. The van der Waals surface area contributed by atoms with Gasteiger partial charge < -0.3 is 4.74 Å². The molecule has 2 aromatic rings. The van der Waals surface area contributed by atoms with Crippen molar-refractivity contribution in [2.24, 2.45) is 0 Å². The van der Waals surface area contributed by atoms with Gasteiger partial charge in [-0.05, 0) is 36.8 Å². The number of benzene rings is 2. The maximum Gasteiger partial charge on any atom is 0.173 e. The van der Waals surface area contributed by atoms with Crippen LogP contribution in [0.1, 0.15) is 23.7 Å². The summed E-state index contributed by atoms with van der Waals surface area (Å²) < 4.78 is 5.50. The summed E-state index contributed by atoms with van der Waals surface area (Å²) in [7, 11) is 0. The van der Waals surface area contributed by atoms with Crippen LogP contribution in [0.15, 0.2) is 53.4 Å². The molecule has 0 atom stereocenters. The zero-order valence-corrected chi connectivity index (χ0v) is 13.4. The minimum Gasteiger partial charge on any atom is -0.492 e. The van der Waals surface area contributed by atoms with E-state index in [4.69, 9.17) is 16.3 Å². The number of ether oxygens (including phenoxy) is 1. The molecule has 0 amide bonds. The summed E-state index contributed by atoms with van der Waals surface area (Å²) >= 11 is 7.67. The number of carbonyl (C=O) groups is 1. The highest BCUT2D eigenvalue weighted by Crippen LogP contribution is 2.27. The van der Waals surface area contributed by atoms with Crippen molar-refractivity contribution < 1.29 is 9.53 Å². The zero-order valence-electron chi connectivity index (χ0n) is 11.8. The maximum atomic E-state index is 12.2. The smallest absolute Gasteiger partial charge is 0.173 e. The lowest BCUT2D eigenvalue weighted by atomic mass is 10.1. The molecule has 0 aliphatic heterocycles. The van der Waals surface area contributed by atoms with E-state index in [1.807, 2.05) is 37.3 Å². The fourth-order valence-corrected chi connectivity index (χ4v) is 2.80. The molecule has 2 rings (SSSR count). The van der Waals surface area contributed by atoms with Gasteiger partial charge in [-0.15, -0.1) is 11.8 Å². The first kappa shape index (κ1) is 15.9. The van der Waals surface area contributed by atoms with Crippen molar-refractivity contribution in [1.29, 1.82) is 0 Å². The Morgan fingerprint density at radius 3 is 2.62 bits per heavy atom. The standard InChI is InChI=1S/C17H17ClO2S/c1-2-10-20-17-9-8-13(11-15(17)18)16(19)12-21-14-6-4-3-5-7-14/h3-9,11H,2,10,12H2,1H3. The molecule has 0 aromatic heterocycles. The molecule has 4 heteroatoms. The Kier molecular flexibility index (Phi) is 6.15. The summed E-state index contributed by atoms with van der Waals surface area (Å²) in [6.45, 7) is 2.66. The first-order valence-corrected chi connectivity index (χ1v) is 8.20. The molecule has 2 aromatic carbocycles. The molecule has 0 spiro atoms. The van der Waals surface area contributed by atoms with E-state index in [0.29, 0.717) is 28.7 Å². The van der Waals surface area contributed by atoms with Crippen molar-refractivity contribution >= 4 is 29.1 Å². The predicted octanol–water partition coefficient (Wildman–Crippen LogP) is 5.10. The Bertz CT molecular complexity index is 599. The summed E-state index contributed by atoms with van der Waals surface area (Å²) in [5.41, 5.74) is 0.618. The van der Waals surface area contributed by atoms with Crippen molar-refractivity contribution in [2.75, 3.05) is 12.4 Å². The summed E-state index contributed by atoms with van der Waals surface area (Å²) in [6, 6.07) is 15.1. The molecule has 0 fully saturated rings. The maximum absolute atomic E-state index is 12.2. The lowest BCUT2D eigenvalue weighted by Crippen LogP contribution is -2.03. The fraction of sp³-hybridized carbons (Fsp3) is 0.235. The van der Waals surface area contributed by atoms with Gasteiger partial charge in [0, 0.05) is 10.5 Å².